The molecule has 0 atom stereocenters. The molecule has 1 aromatic carbocycles. The van der Waals surface area contributed by atoms with Gasteiger partial charge in [-0.1, -0.05) is 31.4 Å². The Morgan fingerprint density at radius 3 is 2.44 bits per heavy atom. The third-order valence-electron chi connectivity index (χ3n) is 4.85. The fourth-order valence-electron chi connectivity index (χ4n) is 3.30. The number of rotatable bonds is 8. The van der Waals surface area contributed by atoms with Crippen molar-refractivity contribution in [2.75, 3.05) is 20.1 Å². The van der Waals surface area contributed by atoms with Crippen LogP contribution < -0.4 is 16.4 Å². The van der Waals surface area contributed by atoms with E-state index >= 15 is 0 Å². The minimum atomic E-state index is -0.556. The van der Waals surface area contributed by atoms with Gasteiger partial charge in [0.25, 0.3) is 5.91 Å². The lowest BCUT2D eigenvalue weighted by Gasteiger charge is -2.31. The standard InChI is InChI=1S/C19H30N4O2/c1-23(17-6-3-2-4-7-17)13-5-12-21-18(24)16-10-8-15(9-11-16)14-22-19(20)25/h8-11,17H,2-7,12-14H2,1H3,(H,21,24)(H3,20,22,25). The summed E-state index contributed by atoms with van der Waals surface area (Å²) in [6.07, 6.45) is 7.63. The van der Waals surface area contributed by atoms with Gasteiger partial charge in [0.2, 0.25) is 0 Å². The Kier molecular flexibility index (Phi) is 7.73. The predicted molar refractivity (Wildman–Crippen MR) is 99.3 cm³/mol. The van der Waals surface area contributed by atoms with Crippen LogP contribution in [-0.2, 0) is 6.54 Å². The second kappa shape index (κ2) is 10.0. The Balaban J connectivity index is 1.66. The summed E-state index contributed by atoms with van der Waals surface area (Å²) in [6, 6.07) is 7.33. The van der Waals surface area contributed by atoms with Crippen molar-refractivity contribution < 1.29 is 9.59 Å². The van der Waals surface area contributed by atoms with Crippen molar-refractivity contribution in [1.29, 1.82) is 0 Å². The first-order chi connectivity index (χ1) is 12.1. The van der Waals surface area contributed by atoms with Crippen molar-refractivity contribution in [3.05, 3.63) is 35.4 Å². The molecule has 0 spiro atoms. The zero-order chi connectivity index (χ0) is 18.1. The van der Waals surface area contributed by atoms with Gasteiger partial charge >= 0.3 is 6.03 Å². The Labute approximate surface area is 150 Å². The third-order valence-corrected chi connectivity index (χ3v) is 4.85. The van der Waals surface area contributed by atoms with Crippen molar-refractivity contribution >= 4 is 11.9 Å². The van der Waals surface area contributed by atoms with Crippen LogP contribution in [0.25, 0.3) is 0 Å². The number of carbonyl (C=O) groups excluding carboxylic acids is 2. The maximum Gasteiger partial charge on any atom is 0.312 e. The first kappa shape index (κ1) is 19.2. The zero-order valence-corrected chi connectivity index (χ0v) is 15.1. The van der Waals surface area contributed by atoms with E-state index in [1.807, 2.05) is 12.1 Å². The maximum absolute atomic E-state index is 12.2. The normalized spacial score (nSPS) is 15.1. The third kappa shape index (κ3) is 6.74. The highest BCUT2D eigenvalue weighted by atomic mass is 16.2. The summed E-state index contributed by atoms with van der Waals surface area (Å²) in [7, 11) is 2.19. The minimum Gasteiger partial charge on any atom is -0.352 e. The molecule has 1 aliphatic rings. The molecule has 1 fully saturated rings. The van der Waals surface area contributed by atoms with Crippen LogP contribution in [0.2, 0.25) is 0 Å². The monoisotopic (exact) mass is 346 g/mol. The molecule has 0 heterocycles. The summed E-state index contributed by atoms with van der Waals surface area (Å²) in [6.45, 7) is 2.06. The summed E-state index contributed by atoms with van der Waals surface area (Å²) < 4.78 is 0. The number of urea groups is 1. The van der Waals surface area contributed by atoms with Crippen LogP contribution in [0.15, 0.2) is 24.3 Å². The molecule has 0 saturated heterocycles. The number of hydrogen-bond acceptors (Lipinski definition) is 3. The van der Waals surface area contributed by atoms with E-state index in [1.54, 1.807) is 12.1 Å². The highest BCUT2D eigenvalue weighted by Gasteiger charge is 2.17. The Morgan fingerprint density at radius 1 is 1.12 bits per heavy atom. The molecule has 138 valence electrons. The minimum absolute atomic E-state index is 0.0604. The van der Waals surface area contributed by atoms with Gasteiger partial charge in [0, 0.05) is 24.7 Å². The van der Waals surface area contributed by atoms with Crippen molar-refractivity contribution in [1.82, 2.24) is 15.5 Å². The van der Waals surface area contributed by atoms with Crippen molar-refractivity contribution in [3.63, 3.8) is 0 Å². The van der Waals surface area contributed by atoms with Crippen LogP contribution in [-0.4, -0.2) is 43.0 Å². The number of nitrogens with two attached hydrogens (primary N) is 1. The molecular formula is C19H30N4O2. The van der Waals surface area contributed by atoms with E-state index < -0.39 is 6.03 Å². The highest BCUT2D eigenvalue weighted by molar-refractivity contribution is 5.94. The fraction of sp³-hybridized carbons (Fsp3) is 0.579. The Morgan fingerprint density at radius 2 is 1.80 bits per heavy atom. The second-order valence-corrected chi connectivity index (χ2v) is 6.80. The molecule has 0 unspecified atom stereocenters. The summed E-state index contributed by atoms with van der Waals surface area (Å²) in [5, 5.41) is 5.50. The molecule has 6 heteroatoms. The smallest absolute Gasteiger partial charge is 0.312 e. The number of amides is 3. The molecule has 0 bridgehead atoms. The van der Waals surface area contributed by atoms with Gasteiger partial charge in [0.1, 0.15) is 0 Å². The van der Waals surface area contributed by atoms with Crippen LogP contribution in [0.5, 0.6) is 0 Å². The van der Waals surface area contributed by atoms with Gasteiger partial charge in [0.15, 0.2) is 0 Å². The maximum atomic E-state index is 12.2. The van der Waals surface area contributed by atoms with Crippen molar-refractivity contribution in [2.24, 2.45) is 5.73 Å². The SMILES string of the molecule is CN(CCCNC(=O)c1ccc(CNC(N)=O)cc1)C1CCCCC1. The van der Waals surface area contributed by atoms with Crippen molar-refractivity contribution in [2.45, 2.75) is 51.1 Å². The molecule has 1 aromatic rings. The van der Waals surface area contributed by atoms with E-state index in [0.29, 0.717) is 24.7 Å². The van der Waals surface area contributed by atoms with Crippen LogP contribution in [0, 0.1) is 0 Å². The van der Waals surface area contributed by atoms with Gasteiger partial charge in [-0.25, -0.2) is 4.79 Å². The zero-order valence-electron chi connectivity index (χ0n) is 15.1. The van der Waals surface area contributed by atoms with Gasteiger partial charge in [-0.15, -0.1) is 0 Å². The van der Waals surface area contributed by atoms with E-state index in [-0.39, 0.29) is 5.91 Å². The van der Waals surface area contributed by atoms with Gasteiger partial charge < -0.3 is 21.3 Å². The summed E-state index contributed by atoms with van der Waals surface area (Å²) in [5.74, 6) is -0.0604. The molecule has 6 nitrogen and oxygen atoms in total. The van der Waals surface area contributed by atoms with E-state index in [9.17, 15) is 9.59 Å². The molecule has 0 aromatic heterocycles. The average Bonchev–Trinajstić information content (AvgIpc) is 2.64. The number of benzene rings is 1. The van der Waals surface area contributed by atoms with Gasteiger partial charge in [-0.2, -0.15) is 0 Å². The molecular weight excluding hydrogens is 316 g/mol. The van der Waals surface area contributed by atoms with Gasteiger partial charge in [-0.05, 0) is 50.6 Å². The molecule has 2 rings (SSSR count). The Hall–Kier alpha value is -2.08. The van der Waals surface area contributed by atoms with E-state index in [2.05, 4.69) is 22.6 Å². The first-order valence-electron chi connectivity index (χ1n) is 9.17. The fourth-order valence-corrected chi connectivity index (χ4v) is 3.30. The second-order valence-electron chi connectivity index (χ2n) is 6.80. The number of hydrogen-bond donors (Lipinski definition) is 3. The van der Waals surface area contributed by atoms with Crippen LogP contribution in [0.3, 0.4) is 0 Å². The number of nitrogens with one attached hydrogen (secondary N) is 2. The molecule has 0 radical (unpaired) electrons. The largest absolute Gasteiger partial charge is 0.352 e. The number of carbonyl (C=O) groups is 2. The predicted octanol–water partition coefficient (Wildman–Crippen LogP) is 2.24. The number of nitrogens with zero attached hydrogens (tertiary/aromatic N) is 1. The van der Waals surface area contributed by atoms with Gasteiger partial charge in [-0.3, -0.25) is 4.79 Å². The Bertz CT molecular complexity index is 553. The van der Waals surface area contributed by atoms with E-state index in [1.165, 1.54) is 32.1 Å². The quantitative estimate of drug-likeness (QED) is 0.631. The van der Waals surface area contributed by atoms with E-state index in [0.717, 1.165) is 18.5 Å². The highest BCUT2D eigenvalue weighted by Crippen LogP contribution is 2.21. The lowest BCUT2D eigenvalue weighted by Crippen LogP contribution is -2.35. The lowest BCUT2D eigenvalue weighted by molar-refractivity contribution is 0.0950. The van der Waals surface area contributed by atoms with Crippen LogP contribution in [0.1, 0.15) is 54.4 Å². The van der Waals surface area contributed by atoms with Gasteiger partial charge in [0.05, 0.1) is 0 Å². The topological polar surface area (TPSA) is 87.5 Å². The van der Waals surface area contributed by atoms with E-state index in [4.69, 9.17) is 5.73 Å². The van der Waals surface area contributed by atoms with Crippen molar-refractivity contribution in [3.8, 4) is 0 Å². The molecule has 1 aliphatic carbocycles. The average molecular weight is 346 g/mol. The summed E-state index contributed by atoms with van der Waals surface area (Å²) in [4.78, 5) is 25.3. The summed E-state index contributed by atoms with van der Waals surface area (Å²) >= 11 is 0. The molecule has 4 N–H and O–H groups in total. The summed E-state index contributed by atoms with van der Waals surface area (Å²) in [5.41, 5.74) is 6.57. The van der Waals surface area contributed by atoms with Crippen LogP contribution in [0.4, 0.5) is 4.79 Å². The first-order valence-corrected chi connectivity index (χ1v) is 9.17. The van der Waals surface area contributed by atoms with Crippen LogP contribution >= 0.6 is 0 Å². The molecule has 3 amide bonds. The molecule has 0 aliphatic heterocycles. The number of primary amides is 1. The molecule has 25 heavy (non-hydrogen) atoms. The lowest BCUT2D eigenvalue weighted by atomic mass is 9.94. The molecule has 1 saturated carbocycles.